The average molecular weight is 476 g/mol. The van der Waals surface area contributed by atoms with Gasteiger partial charge in [-0.1, -0.05) is 121 Å². The SMILES string of the molecule is O=S(=O)([O-])O.c1ccc(C[N+](Cc2ccccc2)(Cc2ccccc2)Cc2ccccc2)cc1. The second kappa shape index (κ2) is 12.3. The number of hydrogen-bond donors (Lipinski definition) is 1. The third-order valence-corrected chi connectivity index (χ3v) is 5.44. The van der Waals surface area contributed by atoms with Crippen molar-refractivity contribution in [1.82, 2.24) is 0 Å². The van der Waals surface area contributed by atoms with Gasteiger partial charge < -0.3 is 9.04 Å². The fourth-order valence-electron chi connectivity index (χ4n) is 4.22. The Morgan fingerprint density at radius 1 is 0.500 bits per heavy atom. The summed E-state index contributed by atoms with van der Waals surface area (Å²) in [6.45, 7) is 4.00. The van der Waals surface area contributed by atoms with Gasteiger partial charge in [-0.3, -0.25) is 4.55 Å². The lowest BCUT2D eigenvalue weighted by Crippen LogP contribution is -2.45. The molecule has 1 N–H and O–H groups in total. The molecule has 4 rings (SSSR count). The van der Waals surface area contributed by atoms with Crippen molar-refractivity contribution >= 4 is 10.4 Å². The molecule has 176 valence electrons. The molecule has 0 aliphatic heterocycles. The summed E-state index contributed by atoms with van der Waals surface area (Å²) in [5.41, 5.74) is 5.54. The molecule has 0 fully saturated rings. The molecular formula is C28H29NO4S. The quantitative estimate of drug-likeness (QED) is 0.204. The highest BCUT2D eigenvalue weighted by molar-refractivity contribution is 7.79. The molecular weight excluding hydrogens is 446 g/mol. The van der Waals surface area contributed by atoms with Crippen molar-refractivity contribution in [1.29, 1.82) is 0 Å². The standard InChI is InChI=1S/C28H28N.H2O4S/c1-5-13-25(14-6-1)21-29(22-26-15-7-2-8-16-26,23-27-17-9-3-10-18-27)24-28-19-11-4-12-20-28;1-5(2,3)4/h1-20H,21-24H2;(H2,1,2,3,4)/q+1;/p-1. The molecule has 0 amide bonds. The van der Waals surface area contributed by atoms with Crippen LogP contribution >= 0.6 is 0 Å². The highest BCUT2D eigenvalue weighted by Gasteiger charge is 2.29. The van der Waals surface area contributed by atoms with E-state index in [0.717, 1.165) is 30.7 Å². The van der Waals surface area contributed by atoms with Crippen LogP contribution in [0.5, 0.6) is 0 Å². The number of hydrogen-bond acceptors (Lipinski definition) is 3. The average Bonchev–Trinajstić information content (AvgIpc) is 2.80. The molecule has 0 aliphatic rings. The van der Waals surface area contributed by atoms with E-state index < -0.39 is 10.4 Å². The molecule has 0 unspecified atom stereocenters. The summed E-state index contributed by atoms with van der Waals surface area (Å²) < 4.78 is 33.8. The molecule has 4 aromatic rings. The number of benzene rings is 4. The third kappa shape index (κ3) is 9.29. The Bertz CT molecular complexity index is 1040. The third-order valence-electron chi connectivity index (χ3n) is 5.44. The summed E-state index contributed by atoms with van der Waals surface area (Å²) in [5, 5.41) is 0. The highest BCUT2D eigenvalue weighted by atomic mass is 32.3. The Morgan fingerprint density at radius 3 is 0.853 bits per heavy atom. The summed E-state index contributed by atoms with van der Waals surface area (Å²) in [7, 11) is -4.92. The van der Waals surface area contributed by atoms with E-state index in [9.17, 15) is 0 Å². The Balaban J connectivity index is 0.000000588. The number of rotatable bonds is 8. The monoisotopic (exact) mass is 475 g/mol. The lowest BCUT2D eigenvalue weighted by atomic mass is 10.0. The molecule has 0 saturated heterocycles. The maximum absolute atomic E-state index is 8.63. The normalized spacial score (nSPS) is 11.4. The van der Waals surface area contributed by atoms with Crippen molar-refractivity contribution in [3.05, 3.63) is 144 Å². The van der Waals surface area contributed by atoms with Gasteiger partial charge in [-0.05, 0) is 0 Å². The van der Waals surface area contributed by atoms with Crippen molar-refractivity contribution in [3.8, 4) is 0 Å². The van der Waals surface area contributed by atoms with Gasteiger partial charge in [-0.25, -0.2) is 8.42 Å². The fraction of sp³-hybridized carbons (Fsp3) is 0.143. The largest absolute Gasteiger partial charge is 0.726 e. The molecule has 0 radical (unpaired) electrons. The van der Waals surface area contributed by atoms with Gasteiger partial charge in [0.2, 0.25) is 10.4 Å². The Morgan fingerprint density at radius 2 is 0.676 bits per heavy atom. The first-order valence-corrected chi connectivity index (χ1v) is 12.4. The van der Waals surface area contributed by atoms with Crippen LogP contribution in [0.15, 0.2) is 121 Å². The minimum atomic E-state index is -4.92. The zero-order valence-electron chi connectivity index (χ0n) is 18.9. The summed E-state index contributed by atoms with van der Waals surface area (Å²) in [4.78, 5) is 0. The van der Waals surface area contributed by atoms with E-state index in [-0.39, 0.29) is 0 Å². The topological polar surface area (TPSA) is 77.4 Å². The zero-order chi connectivity index (χ0) is 24.3. The molecule has 0 saturated carbocycles. The number of quaternary nitrogens is 1. The molecule has 0 bridgehead atoms. The number of nitrogens with zero attached hydrogens (tertiary/aromatic N) is 1. The zero-order valence-corrected chi connectivity index (χ0v) is 19.7. The van der Waals surface area contributed by atoms with Crippen molar-refractivity contribution < 1.29 is 22.0 Å². The van der Waals surface area contributed by atoms with E-state index in [1.807, 2.05) is 0 Å². The molecule has 0 spiro atoms. The van der Waals surface area contributed by atoms with Gasteiger partial charge >= 0.3 is 0 Å². The molecule has 0 aliphatic carbocycles. The summed E-state index contributed by atoms with van der Waals surface area (Å²) >= 11 is 0. The fourth-order valence-corrected chi connectivity index (χ4v) is 4.22. The minimum absolute atomic E-state index is 0.960. The van der Waals surface area contributed by atoms with Crippen LogP contribution in [0.1, 0.15) is 22.3 Å². The first kappa shape index (κ1) is 25.3. The van der Waals surface area contributed by atoms with E-state index in [1.54, 1.807) is 0 Å². The van der Waals surface area contributed by atoms with Crippen LogP contribution in [0, 0.1) is 0 Å². The van der Waals surface area contributed by atoms with Crippen LogP contribution < -0.4 is 0 Å². The van der Waals surface area contributed by atoms with E-state index >= 15 is 0 Å². The van der Waals surface area contributed by atoms with Crippen LogP contribution in [-0.4, -0.2) is 22.0 Å². The van der Waals surface area contributed by atoms with Crippen LogP contribution in [0.4, 0.5) is 0 Å². The summed E-state index contributed by atoms with van der Waals surface area (Å²) in [5.74, 6) is 0. The van der Waals surface area contributed by atoms with E-state index in [2.05, 4.69) is 121 Å². The predicted octanol–water partition coefficient (Wildman–Crippen LogP) is 5.61. The van der Waals surface area contributed by atoms with Crippen LogP contribution in [0.25, 0.3) is 0 Å². The van der Waals surface area contributed by atoms with E-state index in [1.165, 1.54) is 22.3 Å². The lowest BCUT2D eigenvalue weighted by molar-refractivity contribution is -0.978. The van der Waals surface area contributed by atoms with Crippen molar-refractivity contribution in [2.75, 3.05) is 0 Å². The van der Waals surface area contributed by atoms with Crippen LogP contribution in [0.2, 0.25) is 0 Å². The molecule has 4 aromatic carbocycles. The molecule has 0 heterocycles. The van der Waals surface area contributed by atoms with E-state index in [4.69, 9.17) is 17.5 Å². The molecule has 34 heavy (non-hydrogen) atoms. The Labute approximate surface area is 202 Å². The first-order valence-electron chi connectivity index (χ1n) is 11.0. The van der Waals surface area contributed by atoms with Gasteiger partial charge in [0.05, 0.1) is 0 Å². The van der Waals surface area contributed by atoms with Crippen molar-refractivity contribution in [2.24, 2.45) is 0 Å². The smallest absolute Gasteiger partial charge is 0.215 e. The van der Waals surface area contributed by atoms with Crippen LogP contribution in [0.3, 0.4) is 0 Å². The molecule has 0 atom stereocenters. The van der Waals surface area contributed by atoms with Gasteiger partial charge in [-0.15, -0.1) is 0 Å². The van der Waals surface area contributed by atoms with Crippen LogP contribution in [-0.2, 0) is 36.6 Å². The predicted molar refractivity (Wildman–Crippen MR) is 133 cm³/mol. The summed E-state index contributed by atoms with van der Waals surface area (Å²) in [6.07, 6.45) is 0. The van der Waals surface area contributed by atoms with Crippen molar-refractivity contribution in [2.45, 2.75) is 26.2 Å². The van der Waals surface area contributed by atoms with Gasteiger partial charge in [0.15, 0.2) is 0 Å². The van der Waals surface area contributed by atoms with Gasteiger partial charge in [0, 0.05) is 22.3 Å². The van der Waals surface area contributed by atoms with E-state index in [0.29, 0.717) is 0 Å². The maximum atomic E-state index is 8.63. The maximum Gasteiger partial charge on any atom is 0.215 e. The second-order valence-corrected chi connectivity index (χ2v) is 9.20. The van der Waals surface area contributed by atoms with Gasteiger partial charge in [-0.2, -0.15) is 0 Å². The second-order valence-electron chi connectivity index (χ2n) is 8.34. The van der Waals surface area contributed by atoms with Gasteiger partial charge in [0.25, 0.3) is 0 Å². The Hall–Kier alpha value is -3.29. The molecule has 0 aromatic heterocycles. The minimum Gasteiger partial charge on any atom is -0.726 e. The highest BCUT2D eigenvalue weighted by Crippen LogP contribution is 2.27. The van der Waals surface area contributed by atoms with Crippen molar-refractivity contribution in [3.63, 3.8) is 0 Å². The summed E-state index contributed by atoms with van der Waals surface area (Å²) in [6, 6.07) is 43.7. The Kier molecular flexibility index (Phi) is 9.13. The molecule has 5 nitrogen and oxygen atoms in total. The molecule has 6 heteroatoms. The first-order chi connectivity index (χ1) is 16.3. The van der Waals surface area contributed by atoms with Gasteiger partial charge in [0.1, 0.15) is 26.2 Å². The lowest BCUT2D eigenvalue weighted by Gasteiger charge is -2.39.